The average Bonchev–Trinajstić information content (AvgIpc) is 2.88. The zero-order valence-corrected chi connectivity index (χ0v) is 13.1. The first-order valence-electron chi connectivity index (χ1n) is 6.72. The van der Waals surface area contributed by atoms with Crippen LogP contribution in [0.1, 0.15) is 41.4 Å². The van der Waals surface area contributed by atoms with E-state index < -0.39 is 0 Å². The van der Waals surface area contributed by atoms with E-state index in [-0.39, 0.29) is 6.04 Å². The van der Waals surface area contributed by atoms with Crippen molar-refractivity contribution in [2.75, 3.05) is 0 Å². The molecule has 1 unspecified atom stereocenters. The van der Waals surface area contributed by atoms with Crippen LogP contribution in [0.5, 0.6) is 0 Å². The van der Waals surface area contributed by atoms with Gasteiger partial charge in [-0.3, -0.25) is 16.0 Å². The first kappa shape index (κ1) is 15.1. The van der Waals surface area contributed by atoms with E-state index >= 15 is 0 Å². The molecule has 0 radical (unpaired) electrons. The van der Waals surface area contributed by atoms with Crippen molar-refractivity contribution in [3.8, 4) is 0 Å². The van der Waals surface area contributed by atoms with Crippen molar-refractivity contribution in [1.82, 2.24) is 15.2 Å². The van der Waals surface area contributed by atoms with Gasteiger partial charge in [0.25, 0.3) is 0 Å². The third kappa shape index (κ3) is 2.75. The van der Waals surface area contributed by atoms with E-state index in [1.54, 1.807) is 0 Å². The van der Waals surface area contributed by atoms with Crippen molar-refractivity contribution >= 4 is 11.6 Å². The van der Waals surface area contributed by atoms with Crippen molar-refractivity contribution in [1.29, 1.82) is 0 Å². The summed E-state index contributed by atoms with van der Waals surface area (Å²) < 4.78 is 7.50. The Bertz CT molecular complexity index is 603. The van der Waals surface area contributed by atoms with Crippen LogP contribution in [0, 0.1) is 20.8 Å². The first-order valence-corrected chi connectivity index (χ1v) is 7.10. The molecule has 0 aliphatic heterocycles. The molecule has 0 fully saturated rings. The maximum atomic E-state index is 6.35. The van der Waals surface area contributed by atoms with Crippen LogP contribution in [0.2, 0.25) is 5.02 Å². The standard InChI is InChI=1S/C14H21ClN4O/c1-5-19-13(14(15)9(3)18-19)7-12(17-16)11-6-8(2)20-10(11)4/h6,12,17H,5,7,16H2,1-4H3. The number of hydrogen-bond donors (Lipinski definition) is 2. The number of hydrazine groups is 1. The highest BCUT2D eigenvalue weighted by Crippen LogP contribution is 2.28. The smallest absolute Gasteiger partial charge is 0.105 e. The van der Waals surface area contributed by atoms with E-state index in [4.69, 9.17) is 21.9 Å². The number of rotatable bonds is 5. The summed E-state index contributed by atoms with van der Waals surface area (Å²) in [7, 11) is 0. The zero-order chi connectivity index (χ0) is 14.9. The summed E-state index contributed by atoms with van der Waals surface area (Å²) >= 11 is 6.35. The van der Waals surface area contributed by atoms with Gasteiger partial charge in [-0.05, 0) is 33.8 Å². The molecule has 110 valence electrons. The van der Waals surface area contributed by atoms with Crippen LogP contribution < -0.4 is 11.3 Å². The third-order valence-electron chi connectivity index (χ3n) is 3.51. The minimum atomic E-state index is -0.0497. The van der Waals surface area contributed by atoms with Gasteiger partial charge in [-0.2, -0.15) is 5.10 Å². The molecule has 0 bridgehead atoms. The SMILES string of the molecule is CCn1nc(C)c(Cl)c1CC(NN)c1cc(C)oc1C. The van der Waals surface area contributed by atoms with Gasteiger partial charge in [-0.25, -0.2) is 0 Å². The summed E-state index contributed by atoms with van der Waals surface area (Å²) in [6, 6.07) is 1.96. The Morgan fingerprint density at radius 2 is 2.15 bits per heavy atom. The molecule has 1 atom stereocenters. The maximum absolute atomic E-state index is 6.35. The molecule has 0 amide bonds. The topological polar surface area (TPSA) is 69.0 Å². The van der Waals surface area contributed by atoms with Crippen molar-refractivity contribution in [2.45, 2.75) is 46.7 Å². The molecule has 0 aromatic carbocycles. The largest absolute Gasteiger partial charge is 0.466 e. The highest BCUT2D eigenvalue weighted by atomic mass is 35.5. The van der Waals surface area contributed by atoms with Gasteiger partial charge < -0.3 is 4.42 Å². The Morgan fingerprint density at radius 1 is 1.45 bits per heavy atom. The van der Waals surface area contributed by atoms with Crippen molar-refractivity contribution < 1.29 is 4.42 Å². The molecule has 6 heteroatoms. The molecule has 2 rings (SSSR count). The molecule has 3 N–H and O–H groups in total. The molecular weight excluding hydrogens is 276 g/mol. The monoisotopic (exact) mass is 296 g/mol. The van der Waals surface area contributed by atoms with Crippen molar-refractivity contribution in [3.63, 3.8) is 0 Å². The fourth-order valence-corrected chi connectivity index (χ4v) is 2.72. The highest BCUT2D eigenvalue weighted by molar-refractivity contribution is 6.31. The number of furan rings is 1. The van der Waals surface area contributed by atoms with Crippen LogP contribution in [-0.2, 0) is 13.0 Å². The molecule has 0 saturated heterocycles. The minimum Gasteiger partial charge on any atom is -0.466 e. The number of aryl methyl sites for hydroxylation is 4. The van der Waals surface area contributed by atoms with E-state index in [1.807, 2.05) is 38.4 Å². The Kier molecular flexibility index (Phi) is 4.52. The van der Waals surface area contributed by atoms with Gasteiger partial charge in [0.05, 0.1) is 22.5 Å². The van der Waals surface area contributed by atoms with E-state index in [0.717, 1.165) is 35.0 Å². The lowest BCUT2D eigenvalue weighted by atomic mass is 10.0. The fraction of sp³-hybridized carbons (Fsp3) is 0.500. The number of nitrogens with one attached hydrogen (secondary N) is 1. The number of hydrogen-bond acceptors (Lipinski definition) is 4. The fourth-order valence-electron chi connectivity index (χ4n) is 2.51. The van der Waals surface area contributed by atoms with Gasteiger partial charge in [0.1, 0.15) is 11.5 Å². The number of halogens is 1. The van der Waals surface area contributed by atoms with E-state index in [1.165, 1.54) is 0 Å². The summed E-state index contributed by atoms with van der Waals surface area (Å²) in [5, 5.41) is 5.14. The summed E-state index contributed by atoms with van der Waals surface area (Å²) in [6.45, 7) is 8.61. The maximum Gasteiger partial charge on any atom is 0.105 e. The lowest BCUT2D eigenvalue weighted by Gasteiger charge is -2.16. The molecule has 0 aliphatic carbocycles. The minimum absolute atomic E-state index is 0.0497. The molecule has 0 spiro atoms. The van der Waals surface area contributed by atoms with Gasteiger partial charge in [0.15, 0.2) is 0 Å². The summed E-state index contributed by atoms with van der Waals surface area (Å²) in [6.07, 6.45) is 0.670. The van der Waals surface area contributed by atoms with E-state index in [9.17, 15) is 0 Å². The summed E-state index contributed by atoms with van der Waals surface area (Å²) in [5.74, 6) is 7.47. The number of nitrogens with two attached hydrogens (primary N) is 1. The lowest BCUT2D eigenvalue weighted by molar-refractivity contribution is 0.477. The highest BCUT2D eigenvalue weighted by Gasteiger charge is 2.21. The second-order valence-corrected chi connectivity index (χ2v) is 5.33. The first-order chi connectivity index (χ1) is 9.47. The second kappa shape index (κ2) is 5.99. The molecule has 2 aromatic heterocycles. The quantitative estimate of drug-likeness (QED) is 0.657. The van der Waals surface area contributed by atoms with Crippen molar-refractivity contribution in [2.24, 2.45) is 5.84 Å². The number of aromatic nitrogens is 2. The van der Waals surface area contributed by atoms with E-state index in [2.05, 4.69) is 10.5 Å². The van der Waals surface area contributed by atoms with Gasteiger partial charge >= 0.3 is 0 Å². The van der Waals surface area contributed by atoms with Gasteiger partial charge in [0.2, 0.25) is 0 Å². The summed E-state index contributed by atoms with van der Waals surface area (Å²) in [4.78, 5) is 0. The summed E-state index contributed by atoms with van der Waals surface area (Å²) in [5.41, 5.74) is 5.75. The zero-order valence-electron chi connectivity index (χ0n) is 12.3. The van der Waals surface area contributed by atoms with Gasteiger partial charge in [0, 0.05) is 18.5 Å². The van der Waals surface area contributed by atoms with E-state index in [0.29, 0.717) is 11.4 Å². The molecule has 5 nitrogen and oxygen atoms in total. The molecule has 2 heterocycles. The van der Waals surface area contributed by atoms with Crippen LogP contribution in [0.3, 0.4) is 0 Å². The number of nitrogens with zero attached hydrogens (tertiary/aromatic N) is 2. The second-order valence-electron chi connectivity index (χ2n) is 4.95. The normalized spacial score (nSPS) is 12.9. The predicted octanol–water partition coefficient (Wildman–Crippen LogP) is 2.82. The average molecular weight is 297 g/mol. The van der Waals surface area contributed by atoms with Crippen molar-refractivity contribution in [3.05, 3.63) is 39.6 Å². The molecule has 0 aliphatic rings. The molecular formula is C14H21ClN4O. The molecule has 2 aromatic rings. The van der Waals surface area contributed by atoms with Crippen LogP contribution in [0.25, 0.3) is 0 Å². The molecule has 20 heavy (non-hydrogen) atoms. The molecule has 0 saturated carbocycles. The van der Waals surface area contributed by atoms with Gasteiger partial charge in [-0.15, -0.1) is 0 Å². The van der Waals surface area contributed by atoms with Crippen LogP contribution in [-0.4, -0.2) is 9.78 Å². The lowest BCUT2D eigenvalue weighted by Crippen LogP contribution is -2.30. The van der Waals surface area contributed by atoms with Gasteiger partial charge in [-0.1, -0.05) is 11.6 Å². The Labute approximate surface area is 124 Å². The Hall–Kier alpha value is -1.30. The Balaban J connectivity index is 2.34. The predicted molar refractivity (Wildman–Crippen MR) is 79.6 cm³/mol. The van der Waals surface area contributed by atoms with Crippen LogP contribution in [0.15, 0.2) is 10.5 Å². The Morgan fingerprint density at radius 3 is 2.65 bits per heavy atom. The van der Waals surface area contributed by atoms with Crippen LogP contribution >= 0.6 is 11.6 Å². The van der Waals surface area contributed by atoms with Crippen LogP contribution in [0.4, 0.5) is 0 Å². The third-order valence-corrected chi connectivity index (χ3v) is 4.00.